The van der Waals surface area contributed by atoms with Gasteiger partial charge < -0.3 is 4.52 Å². The first-order chi connectivity index (χ1) is 13.8. The van der Waals surface area contributed by atoms with Crippen LogP contribution in [0.5, 0.6) is 0 Å². The third-order valence-corrected chi connectivity index (χ3v) is 6.01. The van der Waals surface area contributed by atoms with E-state index in [-0.39, 0.29) is 24.8 Å². The maximum Gasteiger partial charge on any atom is 0.289 e. The summed E-state index contributed by atoms with van der Waals surface area (Å²) in [4.78, 5) is 14.3. The molecule has 0 saturated carbocycles. The van der Waals surface area contributed by atoms with E-state index in [0.29, 0.717) is 10.6 Å². The lowest BCUT2D eigenvalue weighted by atomic mass is 10.2. The summed E-state index contributed by atoms with van der Waals surface area (Å²) in [5.41, 5.74) is 0.121. The second-order valence-corrected chi connectivity index (χ2v) is 8.17. The van der Waals surface area contributed by atoms with Crippen molar-refractivity contribution >= 4 is 27.3 Å². The maximum atomic E-state index is 13.0. The number of sulfonamides is 1. The number of para-hydroxylation sites is 1. The van der Waals surface area contributed by atoms with Crippen LogP contribution in [-0.4, -0.2) is 34.3 Å². The summed E-state index contributed by atoms with van der Waals surface area (Å²) in [6.45, 7) is 3.17. The van der Waals surface area contributed by atoms with Crippen LogP contribution in [0, 0.1) is 10.1 Å². The summed E-state index contributed by atoms with van der Waals surface area (Å²) in [5, 5.41) is 15.6. The van der Waals surface area contributed by atoms with Crippen molar-refractivity contribution in [2.24, 2.45) is 0 Å². The lowest BCUT2D eigenvalue weighted by Gasteiger charge is -2.18. The lowest BCUT2D eigenvalue weighted by Crippen LogP contribution is -2.31. The Morgan fingerprint density at radius 3 is 2.55 bits per heavy atom. The number of hydrogen-bond donors (Lipinski definition) is 0. The Kier molecular flexibility index (Phi) is 6.06. The molecule has 0 aliphatic heterocycles. The van der Waals surface area contributed by atoms with Gasteiger partial charge in [-0.25, -0.2) is 8.42 Å². The lowest BCUT2D eigenvalue weighted by molar-refractivity contribution is -0.387. The van der Waals surface area contributed by atoms with Crippen molar-refractivity contribution in [2.75, 3.05) is 6.54 Å². The first kappa shape index (κ1) is 20.6. The average molecular weight is 435 g/mol. The molecule has 0 aliphatic rings. The van der Waals surface area contributed by atoms with Crippen LogP contribution in [0.4, 0.5) is 5.69 Å². The smallest absolute Gasteiger partial charge is 0.289 e. The Hall–Kier alpha value is -3.08. The molecule has 0 N–H and O–H groups in total. The fourth-order valence-corrected chi connectivity index (χ4v) is 4.19. The van der Waals surface area contributed by atoms with E-state index in [1.165, 1.54) is 24.3 Å². The summed E-state index contributed by atoms with van der Waals surface area (Å²) < 4.78 is 32.2. The van der Waals surface area contributed by atoms with Gasteiger partial charge in [0.1, 0.15) is 0 Å². The number of nitro groups is 1. The second-order valence-electron chi connectivity index (χ2n) is 5.83. The predicted octanol–water partition coefficient (Wildman–Crippen LogP) is 3.68. The Balaban J connectivity index is 1.92. The van der Waals surface area contributed by atoms with Gasteiger partial charge in [-0.1, -0.05) is 35.0 Å². The summed E-state index contributed by atoms with van der Waals surface area (Å²) in [7, 11) is -4.22. The van der Waals surface area contributed by atoms with E-state index in [2.05, 4.69) is 16.7 Å². The third-order valence-electron chi connectivity index (χ3n) is 3.89. The first-order valence-corrected chi connectivity index (χ1v) is 10.1. The molecule has 29 heavy (non-hydrogen) atoms. The Morgan fingerprint density at radius 1 is 1.21 bits per heavy atom. The van der Waals surface area contributed by atoms with Crippen LogP contribution in [-0.2, 0) is 16.6 Å². The highest BCUT2D eigenvalue weighted by Crippen LogP contribution is 2.27. The van der Waals surface area contributed by atoms with Crippen LogP contribution in [0.2, 0.25) is 5.02 Å². The number of halogens is 1. The van der Waals surface area contributed by atoms with E-state index in [9.17, 15) is 18.5 Å². The van der Waals surface area contributed by atoms with E-state index in [1.807, 2.05) is 0 Å². The SMILES string of the molecule is C=CCN(Cc1nc(-c2ccc(Cl)cc2)no1)S(=O)(=O)c1ccccc1[N+](=O)[O-]. The van der Waals surface area contributed by atoms with Gasteiger partial charge in [0, 0.05) is 23.2 Å². The van der Waals surface area contributed by atoms with Gasteiger partial charge in [-0.05, 0) is 30.3 Å². The molecule has 11 heteroatoms. The highest BCUT2D eigenvalue weighted by molar-refractivity contribution is 7.89. The third kappa shape index (κ3) is 4.50. The summed E-state index contributed by atoms with van der Waals surface area (Å²) >= 11 is 5.86. The van der Waals surface area contributed by atoms with Crippen LogP contribution in [0.3, 0.4) is 0 Å². The van der Waals surface area contributed by atoms with Crippen LogP contribution in [0.1, 0.15) is 5.89 Å². The van der Waals surface area contributed by atoms with E-state index in [1.54, 1.807) is 24.3 Å². The molecule has 0 radical (unpaired) electrons. The van der Waals surface area contributed by atoms with Crippen LogP contribution in [0.15, 0.2) is 70.6 Å². The minimum absolute atomic E-state index is 0.0268. The molecule has 0 bridgehead atoms. The molecule has 0 saturated heterocycles. The molecule has 0 unspecified atom stereocenters. The van der Waals surface area contributed by atoms with Gasteiger partial charge in [0.05, 0.1) is 11.5 Å². The number of aromatic nitrogens is 2. The predicted molar refractivity (Wildman–Crippen MR) is 106 cm³/mol. The fraction of sp³-hybridized carbons (Fsp3) is 0.111. The first-order valence-electron chi connectivity index (χ1n) is 8.26. The zero-order valence-electron chi connectivity index (χ0n) is 14.9. The van der Waals surface area contributed by atoms with Gasteiger partial charge in [0.15, 0.2) is 4.90 Å². The van der Waals surface area contributed by atoms with Crippen molar-refractivity contribution in [3.05, 3.63) is 82.2 Å². The summed E-state index contributed by atoms with van der Waals surface area (Å²) in [6, 6.07) is 11.8. The highest BCUT2D eigenvalue weighted by atomic mass is 35.5. The van der Waals surface area contributed by atoms with Crippen molar-refractivity contribution in [1.29, 1.82) is 0 Å². The molecule has 2 aromatic carbocycles. The number of nitro benzene ring substituents is 1. The molecule has 0 aliphatic carbocycles. The van der Waals surface area contributed by atoms with Gasteiger partial charge in [0.2, 0.25) is 11.7 Å². The molecular weight excluding hydrogens is 420 g/mol. The van der Waals surface area contributed by atoms with Gasteiger partial charge in [0.25, 0.3) is 15.7 Å². The quantitative estimate of drug-likeness (QED) is 0.301. The van der Waals surface area contributed by atoms with Gasteiger partial charge in [-0.2, -0.15) is 9.29 Å². The largest absolute Gasteiger partial charge is 0.338 e. The molecule has 0 spiro atoms. The van der Waals surface area contributed by atoms with E-state index >= 15 is 0 Å². The molecule has 1 heterocycles. The van der Waals surface area contributed by atoms with E-state index in [4.69, 9.17) is 16.1 Å². The summed E-state index contributed by atoms with van der Waals surface area (Å²) in [5.74, 6) is 0.289. The van der Waals surface area contributed by atoms with E-state index < -0.39 is 25.5 Å². The van der Waals surface area contributed by atoms with Gasteiger partial charge >= 0.3 is 0 Å². The molecule has 150 valence electrons. The standard InChI is InChI=1S/C18H15ClN4O5S/c1-2-11-22(29(26,27)16-6-4-3-5-15(16)23(24)25)12-17-20-18(21-28-17)13-7-9-14(19)10-8-13/h2-10H,1,11-12H2. The molecule has 3 rings (SSSR count). The topological polar surface area (TPSA) is 119 Å². The number of benzene rings is 2. The normalized spacial score (nSPS) is 11.5. The highest BCUT2D eigenvalue weighted by Gasteiger charge is 2.32. The van der Waals surface area contributed by atoms with Crippen LogP contribution < -0.4 is 0 Å². The molecule has 1 aromatic heterocycles. The molecule has 3 aromatic rings. The zero-order valence-corrected chi connectivity index (χ0v) is 16.5. The van der Waals surface area contributed by atoms with Gasteiger partial charge in [-0.15, -0.1) is 6.58 Å². The number of rotatable bonds is 8. The molecule has 0 amide bonds. The van der Waals surface area contributed by atoms with Gasteiger partial charge in [-0.3, -0.25) is 10.1 Å². The minimum Gasteiger partial charge on any atom is -0.338 e. The monoisotopic (exact) mass is 434 g/mol. The van der Waals surface area contributed by atoms with Crippen LogP contribution in [0.25, 0.3) is 11.4 Å². The molecular formula is C18H15ClN4O5S. The zero-order chi connectivity index (χ0) is 21.0. The van der Waals surface area contributed by atoms with E-state index in [0.717, 1.165) is 10.4 Å². The summed E-state index contributed by atoms with van der Waals surface area (Å²) in [6.07, 6.45) is 1.36. The Bertz CT molecular complexity index is 1150. The second kappa shape index (κ2) is 8.52. The number of hydrogen-bond acceptors (Lipinski definition) is 7. The Labute approximate surface area is 171 Å². The van der Waals surface area contributed by atoms with Crippen molar-refractivity contribution in [3.63, 3.8) is 0 Å². The number of nitrogens with zero attached hydrogens (tertiary/aromatic N) is 4. The van der Waals surface area contributed by atoms with Crippen molar-refractivity contribution in [1.82, 2.24) is 14.4 Å². The van der Waals surface area contributed by atoms with Crippen molar-refractivity contribution in [2.45, 2.75) is 11.4 Å². The molecule has 9 nitrogen and oxygen atoms in total. The fourth-order valence-electron chi connectivity index (χ4n) is 2.54. The molecule has 0 atom stereocenters. The Morgan fingerprint density at radius 2 is 1.90 bits per heavy atom. The average Bonchev–Trinajstić information content (AvgIpc) is 3.17. The van der Waals surface area contributed by atoms with Crippen molar-refractivity contribution in [3.8, 4) is 11.4 Å². The maximum absolute atomic E-state index is 13.0. The molecule has 0 fully saturated rings. The van der Waals surface area contributed by atoms with Crippen molar-refractivity contribution < 1.29 is 17.9 Å². The minimum atomic E-state index is -4.22. The van der Waals surface area contributed by atoms with Crippen LogP contribution >= 0.6 is 11.6 Å².